The average molecular weight is 244 g/mol. The Morgan fingerprint density at radius 2 is 1.94 bits per heavy atom. The summed E-state index contributed by atoms with van der Waals surface area (Å²) in [4.78, 5) is 4.20. The minimum absolute atomic E-state index is 0.178. The summed E-state index contributed by atoms with van der Waals surface area (Å²) in [5, 5.41) is 10.1. The number of hydrogen-bond donors (Lipinski definition) is 2. The average Bonchev–Trinajstić information content (AvgIpc) is 2.90. The molecule has 1 unspecified atom stereocenters. The number of likely N-dealkylation sites (N-methyl/N-ethyl adjacent to an activating group) is 1. The normalized spacial score (nSPS) is 12.9. The van der Waals surface area contributed by atoms with E-state index in [1.165, 1.54) is 11.1 Å². The molecule has 4 nitrogen and oxygen atoms in total. The van der Waals surface area contributed by atoms with Crippen LogP contribution < -0.4 is 5.32 Å². The Bertz CT molecular complexity index is 459. The number of rotatable bonds is 5. The maximum absolute atomic E-state index is 4.20. The molecule has 2 N–H and O–H groups in total. The first kappa shape index (κ1) is 12.8. The van der Waals surface area contributed by atoms with Crippen molar-refractivity contribution in [3.63, 3.8) is 0 Å². The van der Waals surface area contributed by atoms with Crippen molar-refractivity contribution in [2.45, 2.75) is 32.2 Å². The van der Waals surface area contributed by atoms with Gasteiger partial charge in [0.05, 0.1) is 6.04 Å². The van der Waals surface area contributed by atoms with Crippen LogP contribution in [0.3, 0.4) is 0 Å². The number of hydrogen-bond acceptors (Lipinski definition) is 3. The van der Waals surface area contributed by atoms with Crippen LogP contribution in [0.4, 0.5) is 0 Å². The SMILES string of the molecule is CNC(Cc1ccc(C(C)C)cc1)c1ncn[nH]1. The van der Waals surface area contributed by atoms with E-state index < -0.39 is 0 Å². The lowest BCUT2D eigenvalue weighted by molar-refractivity contribution is 0.559. The van der Waals surface area contributed by atoms with Gasteiger partial charge in [-0.05, 0) is 30.5 Å². The monoisotopic (exact) mass is 244 g/mol. The highest BCUT2D eigenvalue weighted by Crippen LogP contribution is 2.18. The largest absolute Gasteiger partial charge is 0.310 e. The second-order valence-electron chi connectivity index (χ2n) is 4.81. The fourth-order valence-corrected chi connectivity index (χ4v) is 1.99. The highest BCUT2D eigenvalue weighted by atomic mass is 15.2. The van der Waals surface area contributed by atoms with E-state index in [-0.39, 0.29) is 6.04 Å². The number of benzene rings is 1. The van der Waals surface area contributed by atoms with Gasteiger partial charge in [-0.1, -0.05) is 38.1 Å². The lowest BCUT2D eigenvalue weighted by Gasteiger charge is -2.14. The van der Waals surface area contributed by atoms with Crippen molar-refractivity contribution in [3.8, 4) is 0 Å². The summed E-state index contributed by atoms with van der Waals surface area (Å²) in [5.41, 5.74) is 2.68. The van der Waals surface area contributed by atoms with Gasteiger partial charge in [0.1, 0.15) is 12.2 Å². The van der Waals surface area contributed by atoms with Gasteiger partial charge >= 0.3 is 0 Å². The first-order valence-electron chi connectivity index (χ1n) is 6.32. The van der Waals surface area contributed by atoms with E-state index in [1.807, 2.05) is 7.05 Å². The first-order valence-corrected chi connectivity index (χ1v) is 6.32. The second-order valence-corrected chi connectivity index (χ2v) is 4.81. The Morgan fingerprint density at radius 3 is 2.44 bits per heavy atom. The third-order valence-corrected chi connectivity index (χ3v) is 3.20. The molecule has 1 aromatic carbocycles. The predicted octanol–water partition coefficient (Wildman–Crippen LogP) is 2.43. The summed E-state index contributed by atoms with van der Waals surface area (Å²) >= 11 is 0. The minimum atomic E-state index is 0.178. The molecular formula is C14H20N4. The van der Waals surface area contributed by atoms with Gasteiger partial charge < -0.3 is 5.32 Å². The number of H-pyrrole nitrogens is 1. The van der Waals surface area contributed by atoms with Crippen LogP contribution in [0.2, 0.25) is 0 Å². The van der Waals surface area contributed by atoms with Gasteiger partial charge in [0.2, 0.25) is 0 Å². The summed E-state index contributed by atoms with van der Waals surface area (Å²) < 4.78 is 0. The van der Waals surface area contributed by atoms with Crippen LogP contribution in [-0.2, 0) is 6.42 Å². The van der Waals surface area contributed by atoms with Crippen molar-refractivity contribution in [2.24, 2.45) is 0 Å². The highest BCUT2D eigenvalue weighted by molar-refractivity contribution is 5.25. The topological polar surface area (TPSA) is 53.6 Å². The third kappa shape index (κ3) is 2.96. The Balaban J connectivity index is 2.08. The molecule has 0 amide bonds. The smallest absolute Gasteiger partial charge is 0.141 e. The zero-order chi connectivity index (χ0) is 13.0. The molecule has 96 valence electrons. The van der Waals surface area contributed by atoms with Crippen LogP contribution in [-0.4, -0.2) is 22.2 Å². The first-order chi connectivity index (χ1) is 8.70. The standard InChI is InChI=1S/C14H20N4/c1-10(2)12-6-4-11(5-7-12)8-13(15-3)14-16-9-17-18-14/h4-7,9-10,13,15H,8H2,1-3H3,(H,16,17,18). The van der Waals surface area contributed by atoms with Gasteiger partial charge in [-0.2, -0.15) is 5.10 Å². The lowest BCUT2D eigenvalue weighted by Crippen LogP contribution is -2.20. The molecule has 1 atom stereocenters. The van der Waals surface area contributed by atoms with Crippen LogP contribution in [0.15, 0.2) is 30.6 Å². The summed E-state index contributed by atoms with van der Waals surface area (Å²) in [6.45, 7) is 4.42. The van der Waals surface area contributed by atoms with E-state index >= 15 is 0 Å². The molecule has 4 heteroatoms. The Kier molecular flexibility index (Phi) is 4.10. The van der Waals surface area contributed by atoms with Crippen molar-refractivity contribution >= 4 is 0 Å². The van der Waals surface area contributed by atoms with E-state index in [9.17, 15) is 0 Å². The Hall–Kier alpha value is -1.68. The van der Waals surface area contributed by atoms with Crippen molar-refractivity contribution < 1.29 is 0 Å². The van der Waals surface area contributed by atoms with Gasteiger partial charge in [0.25, 0.3) is 0 Å². The Morgan fingerprint density at radius 1 is 1.22 bits per heavy atom. The molecule has 1 aromatic heterocycles. The molecule has 0 radical (unpaired) electrons. The van der Waals surface area contributed by atoms with E-state index in [2.05, 4.69) is 58.6 Å². The highest BCUT2D eigenvalue weighted by Gasteiger charge is 2.12. The maximum Gasteiger partial charge on any atom is 0.141 e. The number of aromatic nitrogens is 3. The van der Waals surface area contributed by atoms with Gasteiger partial charge in [-0.25, -0.2) is 4.98 Å². The fraction of sp³-hybridized carbons (Fsp3) is 0.429. The number of nitrogens with one attached hydrogen (secondary N) is 2. The molecule has 0 saturated heterocycles. The summed E-state index contributed by atoms with van der Waals surface area (Å²) in [5.74, 6) is 1.46. The quantitative estimate of drug-likeness (QED) is 0.849. The fourth-order valence-electron chi connectivity index (χ4n) is 1.99. The van der Waals surface area contributed by atoms with Crippen LogP contribution in [0.25, 0.3) is 0 Å². The maximum atomic E-state index is 4.20. The van der Waals surface area contributed by atoms with E-state index in [4.69, 9.17) is 0 Å². The molecule has 1 heterocycles. The zero-order valence-corrected chi connectivity index (χ0v) is 11.1. The predicted molar refractivity (Wildman–Crippen MR) is 72.4 cm³/mol. The second kappa shape index (κ2) is 5.78. The van der Waals surface area contributed by atoms with Crippen LogP contribution >= 0.6 is 0 Å². The van der Waals surface area contributed by atoms with Crippen molar-refractivity contribution in [1.82, 2.24) is 20.5 Å². The number of nitrogens with zero attached hydrogens (tertiary/aromatic N) is 2. The van der Waals surface area contributed by atoms with Crippen LogP contribution in [0.1, 0.15) is 42.8 Å². The summed E-state index contributed by atoms with van der Waals surface area (Å²) in [6, 6.07) is 8.96. The van der Waals surface area contributed by atoms with Crippen LogP contribution in [0.5, 0.6) is 0 Å². The molecule has 18 heavy (non-hydrogen) atoms. The molecule has 2 rings (SSSR count). The molecule has 0 aliphatic carbocycles. The van der Waals surface area contributed by atoms with Crippen molar-refractivity contribution in [1.29, 1.82) is 0 Å². The van der Waals surface area contributed by atoms with E-state index in [1.54, 1.807) is 6.33 Å². The molecule has 2 aromatic rings. The molecule has 0 spiro atoms. The lowest BCUT2D eigenvalue weighted by atomic mass is 9.99. The van der Waals surface area contributed by atoms with Gasteiger partial charge in [0, 0.05) is 0 Å². The molecular weight excluding hydrogens is 224 g/mol. The molecule has 0 fully saturated rings. The van der Waals surface area contributed by atoms with Gasteiger partial charge in [-0.15, -0.1) is 0 Å². The zero-order valence-electron chi connectivity index (χ0n) is 11.1. The van der Waals surface area contributed by atoms with Crippen LogP contribution in [0, 0.1) is 0 Å². The summed E-state index contributed by atoms with van der Waals surface area (Å²) in [6.07, 6.45) is 2.45. The molecule has 0 bridgehead atoms. The van der Waals surface area contributed by atoms with E-state index in [0.29, 0.717) is 5.92 Å². The van der Waals surface area contributed by atoms with Gasteiger partial charge in [0.15, 0.2) is 0 Å². The van der Waals surface area contributed by atoms with Gasteiger partial charge in [-0.3, -0.25) is 5.10 Å². The molecule has 0 aliphatic heterocycles. The molecule has 0 saturated carbocycles. The van der Waals surface area contributed by atoms with Crippen molar-refractivity contribution in [2.75, 3.05) is 7.05 Å². The third-order valence-electron chi connectivity index (χ3n) is 3.20. The minimum Gasteiger partial charge on any atom is -0.310 e. The van der Waals surface area contributed by atoms with Crippen molar-refractivity contribution in [3.05, 3.63) is 47.5 Å². The van der Waals surface area contributed by atoms with E-state index in [0.717, 1.165) is 12.2 Å². The molecule has 0 aliphatic rings. The Labute approximate surface area is 108 Å². The number of aromatic amines is 1. The summed E-state index contributed by atoms with van der Waals surface area (Å²) in [7, 11) is 1.94.